The summed E-state index contributed by atoms with van der Waals surface area (Å²) in [6.07, 6.45) is 0. The fourth-order valence-corrected chi connectivity index (χ4v) is 3.05. The van der Waals surface area contributed by atoms with Crippen LogP contribution in [0.4, 0.5) is 0 Å². The summed E-state index contributed by atoms with van der Waals surface area (Å²) in [5.41, 5.74) is 1.64. The number of thiazole rings is 1. The maximum absolute atomic E-state index is 11.9. The molecule has 0 atom stereocenters. The van der Waals surface area contributed by atoms with Crippen LogP contribution in [0.1, 0.15) is 22.3 Å². The van der Waals surface area contributed by atoms with Crippen LogP contribution < -0.4 is 4.74 Å². The lowest BCUT2D eigenvalue weighted by Gasteiger charge is -2.00. The molecule has 7 heteroatoms. The first-order chi connectivity index (χ1) is 10.6. The van der Waals surface area contributed by atoms with Crippen molar-refractivity contribution < 1.29 is 14.3 Å². The van der Waals surface area contributed by atoms with Gasteiger partial charge in [-0.2, -0.15) is 4.98 Å². The van der Waals surface area contributed by atoms with Gasteiger partial charge in [0.2, 0.25) is 4.96 Å². The smallest absolute Gasteiger partial charge is 0.350 e. The lowest BCUT2D eigenvalue weighted by atomic mass is 10.2. The zero-order chi connectivity index (χ0) is 15.7. The molecule has 2 heterocycles. The van der Waals surface area contributed by atoms with Crippen molar-refractivity contribution in [1.82, 2.24) is 14.6 Å². The van der Waals surface area contributed by atoms with Crippen molar-refractivity contribution in [1.29, 1.82) is 0 Å². The molecular weight excluding hydrogens is 302 g/mol. The molecule has 0 radical (unpaired) electrons. The normalized spacial score (nSPS) is 10.9. The highest BCUT2D eigenvalue weighted by Gasteiger charge is 2.20. The number of aryl methyl sites for hydroxylation is 1. The van der Waals surface area contributed by atoms with E-state index in [1.165, 1.54) is 11.3 Å². The molecule has 3 aromatic rings. The van der Waals surface area contributed by atoms with Crippen molar-refractivity contribution in [3.63, 3.8) is 0 Å². The van der Waals surface area contributed by atoms with Crippen molar-refractivity contribution in [3.05, 3.63) is 34.8 Å². The molecule has 0 saturated carbocycles. The maximum Gasteiger partial charge on any atom is 0.350 e. The molecule has 0 spiro atoms. The van der Waals surface area contributed by atoms with Gasteiger partial charge in [-0.1, -0.05) is 11.3 Å². The summed E-state index contributed by atoms with van der Waals surface area (Å²) < 4.78 is 11.9. The van der Waals surface area contributed by atoms with Gasteiger partial charge in [-0.15, -0.1) is 5.10 Å². The van der Waals surface area contributed by atoms with Crippen LogP contribution in [0, 0.1) is 6.92 Å². The van der Waals surface area contributed by atoms with Crippen LogP contribution in [0.15, 0.2) is 24.3 Å². The van der Waals surface area contributed by atoms with E-state index in [9.17, 15) is 4.79 Å². The van der Waals surface area contributed by atoms with E-state index in [1.54, 1.807) is 18.5 Å². The van der Waals surface area contributed by atoms with Gasteiger partial charge in [0, 0.05) is 5.56 Å². The minimum atomic E-state index is -0.330. The van der Waals surface area contributed by atoms with Crippen LogP contribution in [-0.4, -0.2) is 34.3 Å². The number of hydrogen-bond acceptors (Lipinski definition) is 6. The summed E-state index contributed by atoms with van der Waals surface area (Å²) in [6, 6.07) is 7.53. The van der Waals surface area contributed by atoms with Crippen molar-refractivity contribution >= 4 is 22.3 Å². The maximum atomic E-state index is 11.9. The third-order valence-electron chi connectivity index (χ3n) is 3.23. The number of hydrogen-bond donors (Lipinski definition) is 0. The molecule has 1 aromatic carbocycles. The van der Waals surface area contributed by atoms with E-state index < -0.39 is 0 Å². The molecule has 0 fully saturated rings. The van der Waals surface area contributed by atoms with Crippen molar-refractivity contribution in [3.8, 4) is 17.1 Å². The van der Waals surface area contributed by atoms with Crippen LogP contribution in [0.2, 0.25) is 0 Å². The fraction of sp³-hybridized carbons (Fsp3) is 0.267. The second-order valence-electron chi connectivity index (χ2n) is 4.60. The quantitative estimate of drug-likeness (QED) is 0.692. The first-order valence-electron chi connectivity index (χ1n) is 6.81. The van der Waals surface area contributed by atoms with E-state index in [-0.39, 0.29) is 5.97 Å². The minimum Gasteiger partial charge on any atom is -0.497 e. The number of aromatic nitrogens is 3. The predicted molar refractivity (Wildman–Crippen MR) is 83.5 cm³/mol. The number of fused-ring (bicyclic) bond motifs is 1. The molecule has 0 N–H and O–H groups in total. The predicted octanol–water partition coefficient (Wildman–Crippen LogP) is 2.95. The Morgan fingerprint density at radius 3 is 2.64 bits per heavy atom. The highest BCUT2D eigenvalue weighted by Crippen LogP contribution is 2.26. The van der Waals surface area contributed by atoms with Gasteiger partial charge < -0.3 is 9.47 Å². The molecule has 3 rings (SSSR count). The molecular formula is C15H15N3O3S. The number of carbonyl (C=O) groups excluding carboxylic acids is 1. The van der Waals surface area contributed by atoms with E-state index in [4.69, 9.17) is 9.47 Å². The number of rotatable bonds is 4. The summed E-state index contributed by atoms with van der Waals surface area (Å²) in [4.78, 5) is 17.6. The van der Waals surface area contributed by atoms with E-state index >= 15 is 0 Å². The SMILES string of the molecule is CCOC(=O)c1sc2nc(-c3ccc(OC)cc3)nn2c1C. The largest absolute Gasteiger partial charge is 0.497 e. The highest BCUT2D eigenvalue weighted by molar-refractivity contribution is 7.19. The lowest BCUT2D eigenvalue weighted by molar-refractivity contribution is 0.0530. The molecule has 6 nitrogen and oxygen atoms in total. The van der Waals surface area contributed by atoms with Crippen LogP contribution in [-0.2, 0) is 4.74 Å². The van der Waals surface area contributed by atoms with Gasteiger partial charge in [0.05, 0.1) is 19.4 Å². The van der Waals surface area contributed by atoms with Gasteiger partial charge >= 0.3 is 5.97 Å². The Balaban J connectivity index is 1.98. The van der Waals surface area contributed by atoms with E-state index in [1.807, 2.05) is 31.2 Å². The van der Waals surface area contributed by atoms with Crippen LogP contribution >= 0.6 is 11.3 Å². The Bertz CT molecular complexity index is 821. The molecule has 0 amide bonds. The lowest BCUT2D eigenvalue weighted by Crippen LogP contribution is -2.05. The number of methoxy groups -OCH3 is 1. The zero-order valence-electron chi connectivity index (χ0n) is 12.5. The van der Waals surface area contributed by atoms with Gasteiger partial charge in [-0.25, -0.2) is 9.31 Å². The van der Waals surface area contributed by atoms with Crippen molar-refractivity contribution in [2.75, 3.05) is 13.7 Å². The van der Waals surface area contributed by atoms with E-state index in [0.717, 1.165) is 17.0 Å². The number of carbonyl (C=O) groups is 1. The topological polar surface area (TPSA) is 65.7 Å². The van der Waals surface area contributed by atoms with Crippen molar-refractivity contribution in [2.24, 2.45) is 0 Å². The Morgan fingerprint density at radius 1 is 1.32 bits per heavy atom. The monoisotopic (exact) mass is 317 g/mol. The summed E-state index contributed by atoms with van der Waals surface area (Å²) >= 11 is 1.29. The standard InChI is InChI=1S/C15H15N3O3S/c1-4-21-14(19)12-9(2)18-15(22-12)16-13(17-18)10-5-7-11(20-3)8-6-10/h5-8H,4H2,1-3H3. The number of esters is 1. The zero-order valence-corrected chi connectivity index (χ0v) is 13.3. The molecule has 0 aliphatic carbocycles. The Hall–Kier alpha value is -2.41. The third kappa shape index (κ3) is 2.43. The second kappa shape index (κ2) is 5.76. The molecule has 114 valence electrons. The minimum absolute atomic E-state index is 0.330. The first-order valence-corrected chi connectivity index (χ1v) is 7.63. The van der Waals surface area contributed by atoms with Gasteiger partial charge in [-0.3, -0.25) is 0 Å². The second-order valence-corrected chi connectivity index (χ2v) is 5.57. The Kier molecular flexibility index (Phi) is 3.81. The number of ether oxygens (including phenoxy) is 2. The van der Waals surface area contributed by atoms with E-state index in [2.05, 4.69) is 10.1 Å². The van der Waals surface area contributed by atoms with Gasteiger partial charge in [-0.05, 0) is 38.1 Å². The van der Waals surface area contributed by atoms with Gasteiger partial charge in [0.15, 0.2) is 5.82 Å². The van der Waals surface area contributed by atoms with Crippen LogP contribution in [0.3, 0.4) is 0 Å². The molecule has 0 aliphatic rings. The Morgan fingerprint density at radius 2 is 2.05 bits per heavy atom. The molecule has 22 heavy (non-hydrogen) atoms. The van der Waals surface area contributed by atoms with Gasteiger partial charge in [0.1, 0.15) is 10.6 Å². The third-order valence-corrected chi connectivity index (χ3v) is 4.34. The summed E-state index contributed by atoms with van der Waals surface area (Å²) in [5, 5.41) is 4.47. The van der Waals surface area contributed by atoms with Gasteiger partial charge in [0.25, 0.3) is 0 Å². The molecule has 0 unspecified atom stereocenters. The number of nitrogens with zero attached hydrogens (tertiary/aromatic N) is 3. The summed E-state index contributed by atoms with van der Waals surface area (Å²) in [7, 11) is 1.63. The Labute approximate surface area is 131 Å². The average molecular weight is 317 g/mol. The fourth-order valence-electron chi connectivity index (χ4n) is 2.09. The summed E-state index contributed by atoms with van der Waals surface area (Å²) in [5.74, 6) is 1.07. The van der Waals surface area contributed by atoms with Crippen LogP contribution in [0.5, 0.6) is 5.75 Å². The highest BCUT2D eigenvalue weighted by atomic mass is 32.1. The number of benzene rings is 1. The summed E-state index contributed by atoms with van der Waals surface area (Å²) in [6.45, 7) is 3.97. The van der Waals surface area contributed by atoms with E-state index in [0.29, 0.717) is 22.3 Å². The first kappa shape index (κ1) is 14.5. The molecule has 0 bridgehead atoms. The molecule has 0 aliphatic heterocycles. The van der Waals surface area contributed by atoms with Crippen LogP contribution in [0.25, 0.3) is 16.3 Å². The van der Waals surface area contributed by atoms with Crippen molar-refractivity contribution in [2.45, 2.75) is 13.8 Å². The molecule has 0 saturated heterocycles. The molecule has 2 aromatic heterocycles. The average Bonchev–Trinajstić information content (AvgIpc) is 3.08.